The fourth-order valence-electron chi connectivity index (χ4n) is 5.53. The van der Waals surface area contributed by atoms with Gasteiger partial charge in [-0.3, -0.25) is 0 Å². The monoisotopic (exact) mass is 536 g/mol. The molecular weight excluding hydrogens is 504 g/mol. The lowest BCUT2D eigenvalue weighted by atomic mass is 9.86. The molecule has 202 valence electrons. The molecule has 0 saturated carbocycles. The van der Waals surface area contributed by atoms with E-state index in [-0.39, 0.29) is 5.41 Å². The van der Waals surface area contributed by atoms with Gasteiger partial charge >= 0.3 is 0 Å². The topological polar surface area (TPSA) is 41.5 Å². The van der Waals surface area contributed by atoms with Gasteiger partial charge in [0.25, 0.3) is 0 Å². The number of para-hydroxylation sites is 4. The Kier molecular flexibility index (Phi) is 5.89. The van der Waals surface area contributed by atoms with Crippen molar-refractivity contribution < 1.29 is 4.74 Å². The maximum atomic E-state index is 6.78. The molecule has 0 radical (unpaired) electrons. The van der Waals surface area contributed by atoms with E-state index in [2.05, 4.69) is 98.3 Å². The highest BCUT2D eigenvalue weighted by molar-refractivity contribution is 5.89. The normalized spacial score (nSPS) is 13.2. The number of pyridine rings is 2. The summed E-state index contributed by atoms with van der Waals surface area (Å²) in [5, 5.41) is 2.07. The number of aromatic nitrogens is 2. The molecule has 5 nitrogen and oxygen atoms in total. The first-order valence-electron chi connectivity index (χ1n) is 14.0. The van der Waals surface area contributed by atoms with E-state index < -0.39 is 0 Å². The fourth-order valence-corrected chi connectivity index (χ4v) is 5.53. The molecule has 0 fully saturated rings. The van der Waals surface area contributed by atoms with Crippen molar-refractivity contribution in [3.63, 3.8) is 0 Å². The van der Waals surface area contributed by atoms with Gasteiger partial charge in [0.1, 0.15) is 11.5 Å². The largest absolute Gasteiger partial charge is 0.456 e. The van der Waals surface area contributed by atoms with Crippen LogP contribution in [0, 0.1) is 0 Å². The number of hydrogen-bond acceptors (Lipinski definition) is 5. The third-order valence-corrected chi connectivity index (χ3v) is 7.77. The van der Waals surface area contributed by atoms with Crippen molar-refractivity contribution in [3.8, 4) is 22.9 Å². The standard InChI is InChI=1S/C36H32N4O/c1-36(2,3)25-19-26(40-23-39(4)33-15-9-10-16-34(33)40)21-27(20-25)41-35-22-32(38-30-14-8-6-12-28(30)35)31-18-17-24-11-5-7-13-29(24)37-31/h5-22H,23H2,1-4H3. The molecule has 4 aromatic carbocycles. The van der Waals surface area contributed by atoms with E-state index in [1.807, 2.05) is 48.5 Å². The third kappa shape index (κ3) is 4.63. The summed E-state index contributed by atoms with van der Waals surface area (Å²) >= 11 is 0. The highest BCUT2D eigenvalue weighted by Crippen LogP contribution is 2.43. The van der Waals surface area contributed by atoms with Crippen molar-refractivity contribution in [1.29, 1.82) is 0 Å². The van der Waals surface area contributed by atoms with Crippen LogP contribution >= 0.6 is 0 Å². The van der Waals surface area contributed by atoms with E-state index in [0.29, 0.717) is 0 Å². The maximum absolute atomic E-state index is 6.78. The highest BCUT2D eigenvalue weighted by Gasteiger charge is 2.26. The third-order valence-electron chi connectivity index (χ3n) is 7.77. The molecule has 0 atom stereocenters. The highest BCUT2D eigenvalue weighted by atomic mass is 16.5. The summed E-state index contributed by atoms with van der Waals surface area (Å²) in [6.07, 6.45) is 0. The van der Waals surface area contributed by atoms with E-state index >= 15 is 0 Å². The van der Waals surface area contributed by atoms with Crippen LogP contribution < -0.4 is 14.5 Å². The molecule has 0 aliphatic carbocycles. The van der Waals surface area contributed by atoms with E-state index in [9.17, 15) is 0 Å². The quantitative estimate of drug-likeness (QED) is 0.225. The Bertz CT molecular complexity index is 1920. The average Bonchev–Trinajstić information content (AvgIpc) is 3.32. The minimum Gasteiger partial charge on any atom is -0.456 e. The second-order valence-corrected chi connectivity index (χ2v) is 11.7. The number of rotatable bonds is 4. The van der Waals surface area contributed by atoms with Crippen LogP contribution in [0.25, 0.3) is 33.2 Å². The number of benzene rings is 4. The minimum absolute atomic E-state index is 0.0558. The predicted molar refractivity (Wildman–Crippen MR) is 170 cm³/mol. The number of fused-ring (bicyclic) bond motifs is 3. The SMILES string of the molecule is CN1CN(c2cc(Oc3cc(-c4ccc5ccccc5n4)nc4ccccc34)cc(C(C)(C)C)c2)c2ccccc21. The van der Waals surface area contributed by atoms with E-state index in [1.165, 1.54) is 16.9 Å². The van der Waals surface area contributed by atoms with Crippen molar-refractivity contribution in [1.82, 2.24) is 9.97 Å². The summed E-state index contributed by atoms with van der Waals surface area (Å²) in [6.45, 7) is 7.50. The Balaban J connectivity index is 1.35. The molecule has 0 amide bonds. The molecule has 41 heavy (non-hydrogen) atoms. The van der Waals surface area contributed by atoms with Crippen LogP contribution in [0.15, 0.2) is 109 Å². The summed E-state index contributed by atoms with van der Waals surface area (Å²) in [6, 6.07) is 37.6. The molecule has 7 rings (SSSR count). The van der Waals surface area contributed by atoms with Crippen LogP contribution in [0.3, 0.4) is 0 Å². The lowest BCUT2D eigenvalue weighted by Crippen LogP contribution is -2.24. The smallest absolute Gasteiger partial charge is 0.139 e. The van der Waals surface area contributed by atoms with Crippen LogP contribution in [0.4, 0.5) is 17.1 Å². The van der Waals surface area contributed by atoms with E-state index in [1.54, 1.807) is 0 Å². The zero-order chi connectivity index (χ0) is 28.1. The molecule has 6 aromatic rings. The van der Waals surface area contributed by atoms with E-state index in [0.717, 1.165) is 57.0 Å². The van der Waals surface area contributed by atoms with Crippen LogP contribution in [0.1, 0.15) is 26.3 Å². The summed E-state index contributed by atoms with van der Waals surface area (Å²) in [4.78, 5) is 14.5. The molecule has 0 unspecified atom stereocenters. The molecular formula is C36H32N4O. The van der Waals surface area contributed by atoms with Crippen molar-refractivity contribution in [2.24, 2.45) is 0 Å². The first-order chi connectivity index (χ1) is 19.8. The predicted octanol–water partition coefficient (Wildman–Crippen LogP) is 9.09. The Morgan fingerprint density at radius 3 is 2.22 bits per heavy atom. The summed E-state index contributed by atoms with van der Waals surface area (Å²) < 4.78 is 6.78. The number of ether oxygens (including phenoxy) is 1. The second kappa shape index (κ2) is 9.63. The van der Waals surface area contributed by atoms with Crippen molar-refractivity contribution in [3.05, 3.63) is 115 Å². The molecule has 0 N–H and O–H groups in total. The van der Waals surface area contributed by atoms with Crippen LogP contribution in [0.5, 0.6) is 11.5 Å². The molecule has 0 saturated heterocycles. The summed E-state index contributed by atoms with van der Waals surface area (Å²) in [7, 11) is 2.13. The zero-order valence-corrected chi connectivity index (χ0v) is 23.8. The van der Waals surface area contributed by atoms with Crippen LogP contribution in [-0.4, -0.2) is 23.7 Å². The van der Waals surface area contributed by atoms with Crippen molar-refractivity contribution in [2.45, 2.75) is 26.2 Å². The first-order valence-corrected chi connectivity index (χ1v) is 14.0. The van der Waals surface area contributed by atoms with Crippen molar-refractivity contribution in [2.75, 3.05) is 23.5 Å². The maximum Gasteiger partial charge on any atom is 0.139 e. The Labute approximate surface area is 240 Å². The lowest BCUT2D eigenvalue weighted by molar-refractivity contribution is 0.484. The molecule has 1 aliphatic rings. The summed E-state index contributed by atoms with van der Waals surface area (Å²) in [5.41, 5.74) is 8.12. The van der Waals surface area contributed by atoms with Gasteiger partial charge in [-0.05, 0) is 59.5 Å². The van der Waals surface area contributed by atoms with Gasteiger partial charge in [0, 0.05) is 35.6 Å². The zero-order valence-electron chi connectivity index (χ0n) is 23.8. The summed E-state index contributed by atoms with van der Waals surface area (Å²) in [5.74, 6) is 1.56. The van der Waals surface area contributed by atoms with Crippen LogP contribution in [0.2, 0.25) is 0 Å². The molecule has 5 heteroatoms. The van der Waals surface area contributed by atoms with Gasteiger partial charge < -0.3 is 14.5 Å². The average molecular weight is 537 g/mol. The second-order valence-electron chi connectivity index (χ2n) is 11.7. The van der Waals surface area contributed by atoms with Gasteiger partial charge in [0.05, 0.1) is 40.5 Å². The molecule has 3 heterocycles. The minimum atomic E-state index is -0.0558. The van der Waals surface area contributed by atoms with Gasteiger partial charge in [0.2, 0.25) is 0 Å². The van der Waals surface area contributed by atoms with Gasteiger partial charge in [-0.15, -0.1) is 0 Å². The Hall–Kier alpha value is -4.90. The van der Waals surface area contributed by atoms with Gasteiger partial charge in [-0.2, -0.15) is 0 Å². The Morgan fingerprint density at radius 2 is 1.39 bits per heavy atom. The number of hydrogen-bond donors (Lipinski definition) is 0. The van der Waals surface area contributed by atoms with Gasteiger partial charge in [0.15, 0.2) is 0 Å². The molecule has 2 aromatic heterocycles. The molecule has 0 bridgehead atoms. The lowest BCUT2D eigenvalue weighted by Gasteiger charge is -2.26. The fraction of sp³-hybridized carbons (Fsp3) is 0.167. The number of anilines is 3. The first kappa shape index (κ1) is 25.1. The number of nitrogens with zero attached hydrogens (tertiary/aromatic N) is 4. The van der Waals surface area contributed by atoms with Gasteiger partial charge in [-0.25, -0.2) is 9.97 Å². The van der Waals surface area contributed by atoms with Crippen LogP contribution in [-0.2, 0) is 5.41 Å². The van der Waals surface area contributed by atoms with Crippen molar-refractivity contribution >= 4 is 38.9 Å². The molecule has 1 aliphatic heterocycles. The van der Waals surface area contributed by atoms with Gasteiger partial charge in [-0.1, -0.05) is 69.3 Å². The van der Waals surface area contributed by atoms with E-state index in [4.69, 9.17) is 14.7 Å². The molecule has 0 spiro atoms. The Morgan fingerprint density at radius 1 is 0.683 bits per heavy atom.